The van der Waals surface area contributed by atoms with Crippen LogP contribution in [0.4, 0.5) is 5.69 Å². The van der Waals surface area contributed by atoms with Crippen LogP contribution in [0.3, 0.4) is 0 Å². The quantitative estimate of drug-likeness (QED) is 0.164. The zero-order valence-corrected chi connectivity index (χ0v) is 26.5. The third-order valence-electron chi connectivity index (χ3n) is 7.81. The summed E-state index contributed by atoms with van der Waals surface area (Å²) < 4.78 is 10.7. The van der Waals surface area contributed by atoms with Crippen LogP contribution in [0.1, 0.15) is 43.8 Å². The monoisotopic (exact) mass is 644 g/mol. The molecule has 4 aromatic rings. The molecule has 1 unspecified atom stereocenters. The largest absolute Gasteiger partial charge is 0.497 e. The number of carbonyl (C=O) groups excluding carboxylic acids is 3. The lowest BCUT2D eigenvalue weighted by molar-refractivity contribution is -0.137. The number of methoxy groups -OCH3 is 1. The van der Waals surface area contributed by atoms with Crippen molar-refractivity contribution in [2.45, 2.75) is 19.3 Å². The molecule has 0 fully saturated rings. The summed E-state index contributed by atoms with van der Waals surface area (Å²) in [6.45, 7) is -0.321. The summed E-state index contributed by atoms with van der Waals surface area (Å²) in [7, 11) is 1.58. The molecule has 0 heterocycles. The standard InChI is InChI=1S/C39H36N2O7/c1-47-34-19-9-29(10-20-34)24-36(42)40-33-17-15-31(16-18-33)38(45)41(26-37(43)44)25-30-11-21-35(22-12-30)48-39(46)32-13-7-28(8-14-32)23-27-5-3-2-4-6-27/h2-11,13-22,30H,12,23-26H2,1H3,(H,40,42)(H,43,44). The van der Waals surface area contributed by atoms with Gasteiger partial charge in [-0.15, -0.1) is 0 Å². The van der Waals surface area contributed by atoms with Crippen molar-refractivity contribution in [3.63, 3.8) is 0 Å². The molecule has 1 aliphatic rings. The molecule has 0 bridgehead atoms. The van der Waals surface area contributed by atoms with Gasteiger partial charge >= 0.3 is 11.9 Å². The lowest BCUT2D eigenvalue weighted by Gasteiger charge is -2.26. The third kappa shape index (κ3) is 9.53. The molecule has 1 atom stereocenters. The van der Waals surface area contributed by atoms with Gasteiger partial charge < -0.3 is 24.8 Å². The van der Waals surface area contributed by atoms with Gasteiger partial charge in [0.05, 0.1) is 19.1 Å². The van der Waals surface area contributed by atoms with E-state index in [0.717, 1.165) is 17.5 Å². The average molecular weight is 645 g/mol. The number of hydrogen-bond acceptors (Lipinski definition) is 6. The number of aliphatic carboxylic acids is 1. The number of ether oxygens (including phenoxy) is 2. The second-order valence-electron chi connectivity index (χ2n) is 11.4. The molecule has 0 radical (unpaired) electrons. The van der Waals surface area contributed by atoms with E-state index in [4.69, 9.17) is 9.47 Å². The Morgan fingerprint density at radius 2 is 1.46 bits per heavy atom. The zero-order valence-electron chi connectivity index (χ0n) is 26.5. The minimum atomic E-state index is -1.13. The van der Waals surface area contributed by atoms with Crippen LogP contribution in [0.5, 0.6) is 5.75 Å². The number of benzene rings is 4. The Morgan fingerprint density at radius 1 is 0.812 bits per heavy atom. The van der Waals surface area contributed by atoms with Crippen LogP contribution in [0.25, 0.3) is 0 Å². The highest BCUT2D eigenvalue weighted by Crippen LogP contribution is 2.22. The molecule has 2 N–H and O–H groups in total. The van der Waals surface area contributed by atoms with Crippen LogP contribution in [-0.4, -0.2) is 54.0 Å². The molecular weight excluding hydrogens is 608 g/mol. The van der Waals surface area contributed by atoms with Gasteiger partial charge in [-0.05, 0) is 96.1 Å². The topological polar surface area (TPSA) is 122 Å². The maximum Gasteiger partial charge on any atom is 0.343 e. The van der Waals surface area contributed by atoms with Crippen LogP contribution in [-0.2, 0) is 27.2 Å². The fourth-order valence-electron chi connectivity index (χ4n) is 5.29. The van der Waals surface area contributed by atoms with E-state index in [9.17, 15) is 24.3 Å². The van der Waals surface area contributed by atoms with E-state index in [1.54, 1.807) is 67.8 Å². The predicted molar refractivity (Wildman–Crippen MR) is 182 cm³/mol. The zero-order chi connectivity index (χ0) is 33.9. The Hall–Kier alpha value is -5.96. The van der Waals surface area contributed by atoms with Crippen molar-refractivity contribution in [1.82, 2.24) is 4.90 Å². The van der Waals surface area contributed by atoms with E-state index in [1.807, 2.05) is 48.5 Å². The summed E-state index contributed by atoms with van der Waals surface area (Å²) in [5, 5.41) is 12.3. The lowest BCUT2D eigenvalue weighted by Crippen LogP contribution is -2.39. The van der Waals surface area contributed by atoms with Crippen molar-refractivity contribution in [2.24, 2.45) is 5.92 Å². The van der Waals surface area contributed by atoms with Crippen LogP contribution in [0.2, 0.25) is 0 Å². The van der Waals surface area contributed by atoms with Gasteiger partial charge in [-0.3, -0.25) is 14.4 Å². The minimum Gasteiger partial charge on any atom is -0.497 e. The first-order valence-electron chi connectivity index (χ1n) is 15.5. The van der Waals surface area contributed by atoms with Gasteiger partial charge in [-0.1, -0.05) is 60.7 Å². The van der Waals surface area contributed by atoms with Gasteiger partial charge in [-0.2, -0.15) is 0 Å². The van der Waals surface area contributed by atoms with E-state index in [-0.39, 0.29) is 24.8 Å². The highest BCUT2D eigenvalue weighted by Gasteiger charge is 2.23. The Balaban J connectivity index is 1.12. The summed E-state index contributed by atoms with van der Waals surface area (Å²) >= 11 is 0. The highest BCUT2D eigenvalue weighted by molar-refractivity contribution is 5.97. The second-order valence-corrected chi connectivity index (χ2v) is 11.4. The molecule has 9 heteroatoms. The maximum absolute atomic E-state index is 13.3. The number of carboxylic acid groups (broad SMARTS) is 1. The number of allylic oxidation sites excluding steroid dienone is 2. The van der Waals surface area contributed by atoms with Gasteiger partial charge in [0.15, 0.2) is 0 Å². The highest BCUT2D eigenvalue weighted by atomic mass is 16.5. The average Bonchev–Trinajstić information content (AvgIpc) is 3.09. The first kappa shape index (κ1) is 33.4. The number of carboxylic acids is 1. The molecule has 0 spiro atoms. The van der Waals surface area contributed by atoms with Crippen molar-refractivity contribution >= 4 is 29.4 Å². The van der Waals surface area contributed by atoms with Gasteiger partial charge in [0, 0.05) is 17.8 Å². The Morgan fingerprint density at radius 3 is 2.08 bits per heavy atom. The number of carbonyl (C=O) groups is 4. The van der Waals surface area contributed by atoms with Gasteiger partial charge in [0.1, 0.15) is 18.1 Å². The van der Waals surface area contributed by atoms with E-state index < -0.39 is 24.4 Å². The summed E-state index contributed by atoms with van der Waals surface area (Å²) in [4.78, 5) is 51.5. The number of nitrogens with zero attached hydrogens (tertiary/aromatic N) is 1. The molecule has 0 saturated heterocycles. The normalized spacial score (nSPS) is 13.6. The van der Waals surface area contributed by atoms with E-state index in [2.05, 4.69) is 17.4 Å². The molecule has 1 aliphatic carbocycles. The van der Waals surface area contributed by atoms with Gasteiger partial charge in [0.25, 0.3) is 5.91 Å². The fourth-order valence-corrected chi connectivity index (χ4v) is 5.29. The Kier molecular flexibility index (Phi) is 11.2. The van der Waals surface area contributed by atoms with E-state index in [1.165, 1.54) is 10.5 Å². The molecule has 4 aromatic carbocycles. The van der Waals surface area contributed by atoms with E-state index in [0.29, 0.717) is 34.7 Å². The molecule has 2 amide bonds. The third-order valence-corrected chi connectivity index (χ3v) is 7.81. The smallest absolute Gasteiger partial charge is 0.343 e. The van der Waals surface area contributed by atoms with Crippen LogP contribution < -0.4 is 10.1 Å². The van der Waals surface area contributed by atoms with Crippen molar-refractivity contribution in [3.8, 4) is 5.75 Å². The fraction of sp³-hybridized carbons (Fsp3) is 0.179. The number of amides is 2. The molecule has 5 rings (SSSR count). The van der Waals surface area contributed by atoms with Gasteiger partial charge in [0.2, 0.25) is 5.91 Å². The molecule has 0 saturated carbocycles. The summed E-state index contributed by atoms with van der Waals surface area (Å²) in [5.41, 5.74) is 4.34. The second kappa shape index (κ2) is 16.0. The molecular formula is C39H36N2O7. The Bertz CT molecular complexity index is 1800. The van der Waals surface area contributed by atoms with Gasteiger partial charge in [-0.25, -0.2) is 4.79 Å². The summed E-state index contributed by atoms with van der Waals surface area (Å²) in [6, 6.07) is 30.9. The number of esters is 1. The van der Waals surface area contributed by atoms with Crippen molar-refractivity contribution in [3.05, 3.63) is 155 Å². The number of nitrogens with one attached hydrogen (secondary N) is 1. The predicted octanol–water partition coefficient (Wildman–Crippen LogP) is 6.31. The van der Waals surface area contributed by atoms with Crippen LogP contribution in [0.15, 0.2) is 127 Å². The summed E-state index contributed by atoms with van der Waals surface area (Å²) in [6.07, 6.45) is 6.64. The molecule has 0 aromatic heterocycles. The molecule has 48 heavy (non-hydrogen) atoms. The number of hydrogen-bond donors (Lipinski definition) is 2. The molecule has 244 valence electrons. The minimum absolute atomic E-state index is 0.155. The van der Waals surface area contributed by atoms with Crippen molar-refractivity contribution in [2.75, 3.05) is 25.5 Å². The van der Waals surface area contributed by atoms with Crippen LogP contribution >= 0.6 is 0 Å². The maximum atomic E-state index is 13.3. The Labute approximate surface area is 279 Å². The summed E-state index contributed by atoms with van der Waals surface area (Å²) in [5.74, 6) is -1.35. The first-order valence-corrected chi connectivity index (χ1v) is 15.5. The first-order chi connectivity index (χ1) is 23.2. The van der Waals surface area contributed by atoms with E-state index >= 15 is 0 Å². The van der Waals surface area contributed by atoms with Crippen molar-refractivity contribution in [1.29, 1.82) is 0 Å². The molecule has 0 aliphatic heterocycles. The number of anilines is 1. The SMILES string of the molecule is COc1ccc(CC(=O)Nc2ccc(C(=O)N(CC(=O)O)CC3C=CC(OC(=O)c4ccc(Cc5ccccc5)cc4)=CC3)cc2)cc1. The molecule has 9 nitrogen and oxygen atoms in total. The van der Waals surface area contributed by atoms with Crippen LogP contribution in [0, 0.1) is 5.92 Å². The van der Waals surface area contributed by atoms with Crippen molar-refractivity contribution < 1.29 is 33.8 Å². The lowest BCUT2D eigenvalue weighted by atomic mass is 9.99. The number of rotatable bonds is 13.